The van der Waals surface area contributed by atoms with Gasteiger partial charge >= 0.3 is 6.18 Å². The first-order chi connectivity index (χ1) is 22.1. The maximum absolute atomic E-state index is 14.5. The number of rotatable bonds is 6. The van der Waals surface area contributed by atoms with Gasteiger partial charge in [0.05, 0.1) is 25.6 Å². The molecule has 0 radical (unpaired) electrons. The number of hydrogen-bond donors (Lipinski definition) is 2. The van der Waals surface area contributed by atoms with Crippen molar-refractivity contribution < 1.29 is 47.3 Å². The smallest absolute Gasteiger partial charge is 0.391 e. The number of ether oxygens (including phenoxy) is 1. The van der Waals surface area contributed by atoms with Gasteiger partial charge in [0.1, 0.15) is 18.1 Å². The van der Waals surface area contributed by atoms with E-state index in [1.54, 1.807) is 34.1 Å². The second-order valence-corrected chi connectivity index (χ2v) is 12.8. The second-order valence-electron chi connectivity index (χ2n) is 12.8. The first-order valence-electron chi connectivity index (χ1n) is 16.3. The van der Waals surface area contributed by atoms with E-state index in [9.17, 15) is 31.9 Å². The zero-order valence-corrected chi connectivity index (χ0v) is 25.7. The number of nitrogens with two attached hydrogens (primary N) is 2. The molecule has 13 heteroatoms. The van der Waals surface area contributed by atoms with Crippen LogP contribution in [0.2, 0.25) is 0 Å². The van der Waals surface area contributed by atoms with Crippen LogP contribution in [0.5, 0.6) is 5.75 Å². The van der Waals surface area contributed by atoms with Gasteiger partial charge in [0.15, 0.2) is 12.6 Å². The maximum atomic E-state index is 14.5. The predicted octanol–water partition coefficient (Wildman–Crippen LogP) is 1.88. The number of carbonyl (C=O) groups excluding carboxylic acids is 3. The van der Waals surface area contributed by atoms with Crippen molar-refractivity contribution in [3.63, 3.8) is 0 Å². The molecule has 3 saturated heterocycles. The molecule has 0 bridgehead atoms. The van der Waals surface area contributed by atoms with E-state index in [1.807, 2.05) is 5.32 Å². The molecule has 0 spiro atoms. The van der Waals surface area contributed by atoms with Gasteiger partial charge in [-0.25, -0.2) is 4.39 Å². The highest BCUT2D eigenvalue weighted by atomic mass is 19.4. The van der Waals surface area contributed by atoms with Crippen molar-refractivity contribution in [3.05, 3.63) is 58.9 Å². The standard InChI is InChI=1S/C33H39F4N5O4/c34-25-15-23(16-26(18-25)42-10-9-39-20-30(42)43)32(45)41-13-11-40(12-14-41)31(44)22-3-6-29(46-27-7-8-38-19-27)28(17-22)21-1-4-24(5-2-21)33(35,36)37/h3,6,15-18,21,24,27,38-39H,1-2,4-5,7-14,19-20H2/p+2/t21?,24?,27-/m0/s1. The molecule has 4 aliphatic rings. The molecule has 4 N–H and O–H groups in total. The van der Waals surface area contributed by atoms with Gasteiger partial charge in [-0.05, 0) is 73.6 Å². The van der Waals surface area contributed by atoms with Crippen molar-refractivity contribution in [1.82, 2.24) is 9.80 Å². The minimum atomic E-state index is -4.20. The monoisotopic (exact) mass is 647 g/mol. The van der Waals surface area contributed by atoms with Crippen LogP contribution in [0, 0.1) is 11.7 Å². The van der Waals surface area contributed by atoms with Crippen molar-refractivity contribution in [1.29, 1.82) is 0 Å². The van der Waals surface area contributed by atoms with E-state index in [-0.39, 0.29) is 80.9 Å². The molecule has 0 aromatic heterocycles. The number of carbonyl (C=O) groups is 3. The van der Waals surface area contributed by atoms with Crippen molar-refractivity contribution in [2.24, 2.45) is 5.92 Å². The van der Waals surface area contributed by atoms with E-state index >= 15 is 0 Å². The third kappa shape index (κ3) is 7.15. The van der Waals surface area contributed by atoms with Crippen LogP contribution in [-0.4, -0.2) is 98.7 Å². The zero-order chi connectivity index (χ0) is 32.4. The summed E-state index contributed by atoms with van der Waals surface area (Å²) in [5.41, 5.74) is 1.74. The molecular formula is C33H41F4N5O4+2. The van der Waals surface area contributed by atoms with Crippen molar-refractivity contribution in [2.75, 3.05) is 63.8 Å². The normalized spacial score (nSPS) is 24.3. The fourth-order valence-electron chi connectivity index (χ4n) is 7.14. The van der Waals surface area contributed by atoms with Crippen LogP contribution in [0.25, 0.3) is 0 Å². The molecule has 9 nitrogen and oxygen atoms in total. The van der Waals surface area contributed by atoms with Gasteiger partial charge in [-0.15, -0.1) is 0 Å². The van der Waals surface area contributed by atoms with Crippen LogP contribution < -0.4 is 20.3 Å². The summed E-state index contributed by atoms with van der Waals surface area (Å²) >= 11 is 0. The Morgan fingerprint density at radius 1 is 0.804 bits per heavy atom. The number of hydrogen-bond acceptors (Lipinski definition) is 4. The molecule has 0 unspecified atom stereocenters. The Hall–Kier alpha value is -3.71. The summed E-state index contributed by atoms with van der Waals surface area (Å²) in [7, 11) is 0. The molecule has 248 valence electrons. The predicted molar refractivity (Wildman–Crippen MR) is 160 cm³/mol. The van der Waals surface area contributed by atoms with Gasteiger partial charge in [-0.2, -0.15) is 13.2 Å². The number of piperazine rings is 2. The number of amides is 3. The average molecular weight is 648 g/mol. The summed E-state index contributed by atoms with van der Waals surface area (Å²) in [6.07, 6.45) is -2.43. The summed E-state index contributed by atoms with van der Waals surface area (Å²) in [5, 5.41) is 4.05. The van der Waals surface area contributed by atoms with Gasteiger partial charge in [-0.1, -0.05) is 0 Å². The number of alkyl halides is 3. The lowest BCUT2D eigenvalue weighted by Gasteiger charge is -2.35. The molecule has 1 aliphatic carbocycles. The number of quaternary nitrogens is 2. The Morgan fingerprint density at radius 3 is 2.13 bits per heavy atom. The lowest BCUT2D eigenvalue weighted by Crippen LogP contribution is -2.91. The number of nitrogens with zero attached hydrogens (tertiary/aromatic N) is 3. The van der Waals surface area contributed by atoms with Crippen molar-refractivity contribution >= 4 is 23.4 Å². The van der Waals surface area contributed by atoms with Crippen LogP contribution in [-0.2, 0) is 4.79 Å². The summed E-state index contributed by atoms with van der Waals surface area (Å²) < 4.78 is 60.9. The molecule has 4 fully saturated rings. The van der Waals surface area contributed by atoms with Gasteiger partial charge in [0, 0.05) is 49.4 Å². The van der Waals surface area contributed by atoms with Crippen molar-refractivity contribution in [2.45, 2.75) is 50.3 Å². The quantitative estimate of drug-likeness (QED) is 0.468. The Labute approximate surface area is 265 Å². The van der Waals surface area contributed by atoms with E-state index in [1.165, 1.54) is 17.0 Å². The fraction of sp³-hybridized carbons (Fsp3) is 0.545. The maximum Gasteiger partial charge on any atom is 0.391 e. The van der Waals surface area contributed by atoms with E-state index in [2.05, 4.69) is 5.32 Å². The molecule has 3 amide bonds. The van der Waals surface area contributed by atoms with Crippen LogP contribution in [0.4, 0.5) is 23.2 Å². The van der Waals surface area contributed by atoms with Gasteiger partial charge < -0.3 is 30.1 Å². The van der Waals surface area contributed by atoms with E-state index < -0.39 is 17.9 Å². The summed E-state index contributed by atoms with van der Waals surface area (Å²) in [4.78, 5) is 44.1. The third-order valence-corrected chi connectivity index (χ3v) is 9.77. The highest BCUT2D eigenvalue weighted by Crippen LogP contribution is 2.45. The lowest BCUT2D eigenvalue weighted by atomic mass is 9.78. The number of anilines is 1. The topological polar surface area (TPSA) is 103 Å². The zero-order valence-electron chi connectivity index (χ0n) is 25.7. The highest BCUT2D eigenvalue weighted by Gasteiger charge is 2.42. The highest BCUT2D eigenvalue weighted by molar-refractivity contribution is 5.99. The van der Waals surface area contributed by atoms with Crippen LogP contribution in [0.15, 0.2) is 36.4 Å². The molecule has 3 aliphatic heterocycles. The largest absolute Gasteiger partial charge is 0.484 e. The Bertz CT molecular complexity index is 1450. The second kappa shape index (κ2) is 13.6. The third-order valence-electron chi connectivity index (χ3n) is 9.77. The Morgan fingerprint density at radius 2 is 1.50 bits per heavy atom. The average Bonchev–Trinajstić information content (AvgIpc) is 3.57. The van der Waals surface area contributed by atoms with Crippen LogP contribution >= 0.6 is 0 Å². The lowest BCUT2D eigenvalue weighted by molar-refractivity contribution is -0.645. The first-order valence-corrected chi connectivity index (χ1v) is 16.3. The Kier molecular flexibility index (Phi) is 9.51. The molecule has 1 saturated carbocycles. The van der Waals surface area contributed by atoms with E-state index in [4.69, 9.17) is 4.74 Å². The van der Waals surface area contributed by atoms with Crippen LogP contribution in [0.1, 0.15) is 64.3 Å². The van der Waals surface area contributed by atoms with Crippen LogP contribution in [0.3, 0.4) is 0 Å². The van der Waals surface area contributed by atoms with E-state index in [0.717, 1.165) is 25.1 Å². The molecule has 2 aromatic rings. The minimum Gasteiger partial charge on any atom is -0.484 e. The first kappa shape index (κ1) is 32.2. The molecule has 46 heavy (non-hydrogen) atoms. The molecule has 6 rings (SSSR count). The van der Waals surface area contributed by atoms with Gasteiger partial charge in [0.25, 0.3) is 17.7 Å². The van der Waals surface area contributed by atoms with Crippen molar-refractivity contribution in [3.8, 4) is 5.75 Å². The summed E-state index contributed by atoms with van der Waals surface area (Å²) in [6, 6.07) is 9.26. The number of halogens is 4. The van der Waals surface area contributed by atoms with E-state index in [0.29, 0.717) is 42.9 Å². The molecule has 1 atom stereocenters. The summed E-state index contributed by atoms with van der Waals surface area (Å²) in [6.45, 7) is 4.21. The van der Waals surface area contributed by atoms with Gasteiger partial charge in [0.2, 0.25) is 0 Å². The van der Waals surface area contributed by atoms with Gasteiger partial charge in [-0.3, -0.25) is 14.4 Å². The number of benzene rings is 2. The SMILES string of the molecule is O=C(c1cc(F)cc(N2CC[NH2+]CC2=O)c1)N1CCN(C(=O)c2ccc(O[C@H]3CC[NH2+]C3)c(C3CCC(C(F)(F)F)CC3)c2)CC1. The summed E-state index contributed by atoms with van der Waals surface area (Å²) in [5.74, 6) is -2.12. The molecule has 3 heterocycles. The Balaban J connectivity index is 1.13. The molecule has 2 aromatic carbocycles. The fourth-order valence-corrected chi connectivity index (χ4v) is 7.14. The minimum absolute atomic E-state index is 0.0189. The molecular weight excluding hydrogens is 606 g/mol.